The van der Waals surface area contributed by atoms with E-state index in [0.29, 0.717) is 0 Å². The van der Waals surface area contributed by atoms with Crippen LogP contribution in [0.25, 0.3) is 0 Å². The van der Waals surface area contributed by atoms with E-state index in [9.17, 15) is 198 Å². The second kappa shape index (κ2) is 15.7. The molecule has 0 aromatic heterocycles. The van der Waals surface area contributed by atoms with Gasteiger partial charge in [-0.1, -0.05) is 0 Å². The smallest absolute Gasteiger partial charge is 0.244 e. The summed E-state index contributed by atoms with van der Waals surface area (Å²) in [4.78, 5) is 0. The largest absolute Gasteiger partial charge is 0.385 e. The predicted octanol–water partition coefficient (Wildman–Crippen LogP) is 15.0. The van der Waals surface area contributed by atoms with Gasteiger partial charge in [-0.3, -0.25) is 0 Å². The van der Waals surface area contributed by atoms with E-state index in [1.165, 1.54) is 0 Å². The zero-order chi connectivity index (χ0) is 57.7. The monoisotopic (exact) mass is 1150 g/mol. The minimum Gasteiger partial charge on any atom is -0.244 e. The van der Waals surface area contributed by atoms with E-state index in [1.807, 2.05) is 0 Å². The van der Waals surface area contributed by atoms with Gasteiger partial charge in [0.1, 0.15) is 0 Å². The van der Waals surface area contributed by atoms with Crippen LogP contribution in [-0.2, 0) is 0 Å². The third-order valence-corrected chi connectivity index (χ3v) is 8.67. The maximum atomic E-state index is 14.0. The van der Waals surface area contributed by atoms with Crippen LogP contribution < -0.4 is 0 Å². The van der Waals surface area contributed by atoms with E-state index in [0.717, 1.165) is 0 Å². The van der Waals surface area contributed by atoms with Crippen LogP contribution in [0.3, 0.4) is 0 Å². The predicted molar refractivity (Wildman–Crippen MR) is 120 cm³/mol. The van der Waals surface area contributed by atoms with E-state index in [2.05, 4.69) is 0 Å². The van der Waals surface area contributed by atoms with Gasteiger partial charge >= 0.3 is 130 Å². The minimum absolute atomic E-state index is 1.81. The average molecular weight is 1150 g/mol. The fourth-order valence-electron chi connectivity index (χ4n) is 4.14. The van der Waals surface area contributed by atoms with Crippen LogP contribution in [0.15, 0.2) is 0 Å². The van der Waals surface area contributed by atoms with Crippen molar-refractivity contribution in [3.8, 4) is 0 Å². The Labute approximate surface area is 343 Å². The van der Waals surface area contributed by atoms with Crippen molar-refractivity contribution in [1.82, 2.24) is 0 Å². The minimum atomic E-state index is -10.8. The van der Waals surface area contributed by atoms with Crippen molar-refractivity contribution in [2.24, 2.45) is 0 Å². The molecular formula is C24H5F45. The van der Waals surface area contributed by atoms with Crippen molar-refractivity contribution in [3.63, 3.8) is 0 Å². The van der Waals surface area contributed by atoms with Crippen molar-refractivity contribution in [2.75, 3.05) is 6.67 Å². The molecule has 0 amide bonds. The molecule has 0 saturated heterocycles. The SMILES string of the molecule is CC(F)(F)C(F)(F)C(F)(F)C(F)(F)C(F)(F)C(F)(F)C(F)(F)C(F)(F)C(F)(F)C(F)(F)C(F)(F)C(F)(F)C(F)(F)C(F)(F)C(F)(F)C(F)(F)C(F)(F)C(F)(F)C(F)(F)C(F)(F)C(F)(F)C(F)(F)CF. The Morgan fingerprint density at radius 2 is 0.246 bits per heavy atom. The van der Waals surface area contributed by atoms with Gasteiger partial charge in [-0.05, 0) is 0 Å². The van der Waals surface area contributed by atoms with Gasteiger partial charge in [0.25, 0.3) is 0 Å². The van der Waals surface area contributed by atoms with E-state index in [-0.39, 0.29) is 0 Å². The van der Waals surface area contributed by atoms with Gasteiger partial charge in [-0.2, -0.15) is 193 Å². The van der Waals surface area contributed by atoms with Gasteiger partial charge in [0, 0.05) is 6.92 Å². The molecule has 0 aliphatic rings. The normalized spacial score (nSPS) is 17.5. The lowest BCUT2D eigenvalue weighted by Crippen LogP contribution is -2.81. The highest BCUT2D eigenvalue weighted by molar-refractivity contribution is 5.24. The first-order valence-electron chi connectivity index (χ1n) is 14.7. The van der Waals surface area contributed by atoms with Crippen LogP contribution in [0.5, 0.6) is 0 Å². The number of rotatable bonds is 22. The topological polar surface area (TPSA) is 0 Å². The lowest BCUT2D eigenvalue weighted by atomic mass is 9.81. The number of hydrogen-bond acceptors (Lipinski definition) is 0. The summed E-state index contributed by atoms with van der Waals surface area (Å²) in [5.74, 6) is -218. The third kappa shape index (κ3) is 7.18. The molecule has 0 aliphatic carbocycles. The van der Waals surface area contributed by atoms with E-state index >= 15 is 0 Å². The molecule has 416 valence electrons. The Bertz CT molecular complexity index is 1850. The van der Waals surface area contributed by atoms with Gasteiger partial charge in [0.05, 0.1) is 0 Å². The molecule has 0 atom stereocenters. The Balaban J connectivity index is 8.10. The van der Waals surface area contributed by atoms with Crippen molar-refractivity contribution < 1.29 is 198 Å². The van der Waals surface area contributed by atoms with Crippen LogP contribution in [0.1, 0.15) is 6.92 Å². The molecule has 0 bridgehead atoms. The quantitative estimate of drug-likeness (QED) is 0.0948. The first kappa shape index (κ1) is 65.8. The molecule has 0 nitrogen and oxygen atoms in total. The summed E-state index contributed by atoms with van der Waals surface area (Å²) in [5.41, 5.74) is 0. The van der Waals surface area contributed by atoms with Gasteiger partial charge in [-0.15, -0.1) is 0 Å². The standard InChI is InChI=1S/C24H5F45/c1-3(26,27)5(30,31)7(34,35)9(38,39)11(42,43)13(46,47)15(50,51)17(54,55)19(58,59)21(62,63)23(66,67)24(68,69)22(64,65)20(60,61)18(56,57)16(52,53)14(48,49)12(44,45)10(40,41)8(36,37)6(32,33)4(28,29)2-25/h2H2,1H3. The molecule has 0 aromatic rings. The Hall–Kier alpha value is -3.15. The highest BCUT2D eigenvalue weighted by Crippen LogP contribution is 2.72. The summed E-state index contributed by atoms with van der Waals surface area (Å²) in [7, 11) is 0. The van der Waals surface area contributed by atoms with Crippen molar-refractivity contribution >= 4 is 0 Å². The molecule has 0 fully saturated rings. The highest BCUT2D eigenvalue weighted by atomic mass is 19.4. The molecule has 0 heterocycles. The second-order valence-electron chi connectivity index (χ2n) is 13.2. The summed E-state index contributed by atoms with van der Waals surface area (Å²) >= 11 is 0. The molecule has 0 unspecified atom stereocenters. The second-order valence-corrected chi connectivity index (χ2v) is 13.2. The maximum absolute atomic E-state index is 14.0. The molecule has 0 N–H and O–H groups in total. The van der Waals surface area contributed by atoms with Crippen LogP contribution in [0, 0.1) is 0 Å². The van der Waals surface area contributed by atoms with Crippen molar-refractivity contribution in [1.29, 1.82) is 0 Å². The van der Waals surface area contributed by atoms with Crippen LogP contribution in [-0.4, -0.2) is 137 Å². The average Bonchev–Trinajstić information content (AvgIpc) is 3.12. The fraction of sp³-hybridized carbons (Fsp3) is 1.00. The van der Waals surface area contributed by atoms with Gasteiger partial charge in [-0.25, -0.2) is 4.39 Å². The Morgan fingerprint density at radius 3 is 0.333 bits per heavy atom. The van der Waals surface area contributed by atoms with Crippen molar-refractivity contribution in [3.05, 3.63) is 0 Å². The number of alkyl halides is 45. The molecule has 0 saturated carbocycles. The van der Waals surface area contributed by atoms with Gasteiger partial charge < -0.3 is 0 Å². The summed E-state index contributed by atoms with van der Waals surface area (Å²) in [6.07, 6.45) is 0. The van der Waals surface area contributed by atoms with Gasteiger partial charge in [0.15, 0.2) is 6.67 Å². The van der Waals surface area contributed by atoms with Crippen LogP contribution >= 0.6 is 0 Å². The summed E-state index contributed by atoms with van der Waals surface area (Å²) in [6.45, 7) is -6.39. The zero-order valence-corrected chi connectivity index (χ0v) is 29.7. The first-order valence-corrected chi connectivity index (χ1v) is 14.7. The summed E-state index contributed by atoms with van der Waals surface area (Å²) < 4.78 is 615. The fourth-order valence-corrected chi connectivity index (χ4v) is 4.14. The molecule has 69 heavy (non-hydrogen) atoms. The van der Waals surface area contributed by atoms with E-state index in [1.54, 1.807) is 0 Å². The molecule has 0 aliphatic heterocycles. The van der Waals surface area contributed by atoms with E-state index < -0.39 is 144 Å². The molecule has 0 rings (SSSR count). The Kier molecular flexibility index (Phi) is 15.0. The highest BCUT2D eigenvalue weighted by Gasteiger charge is 3.04. The molecule has 0 aromatic carbocycles. The number of halogens is 45. The molecule has 0 spiro atoms. The summed E-state index contributed by atoms with van der Waals surface area (Å²) in [6, 6.07) is 0. The molecule has 45 heteroatoms. The molecule has 0 radical (unpaired) electrons. The van der Waals surface area contributed by atoms with Crippen LogP contribution in [0.4, 0.5) is 198 Å². The van der Waals surface area contributed by atoms with E-state index in [4.69, 9.17) is 0 Å². The van der Waals surface area contributed by atoms with Crippen LogP contribution in [0.2, 0.25) is 0 Å². The maximum Gasteiger partial charge on any atom is 0.385 e. The van der Waals surface area contributed by atoms with Gasteiger partial charge in [0.2, 0.25) is 0 Å². The third-order valence-electron chi connectivity index (χ3n) is 8.67. The lowest BCUT2D eigenvalue weighted by Gasteiger charge is -2.47. The Morgan fingerprint density at radius 1 is 0.159 bits per heavy atom. The number of hydrogen-bond donors (Lipinski definition) is 0. The molecular weight excluding hydrogens is 1140 g/mol. The summed E-state index contributed by atoms with van der Waals surface area (Å²) in [5, 5.41) is 0. The zero-order valence-electron chi connectivity index (χ0n) is 29.7. The van der Waals surface area contributed by atoms with Crippen molar-refractivity contribution in [2.45, 2.75) is 137 Å². The lowest BCUT2D eigenvalue weighted by molar-refractivity contribution is -0.496. The first-order chi connectivity index (χ1) is 28.8.